The van der Waals surface area contributed by atoms with E-state index in [0.29, 0.717) is 11.7 Å². The van der Waals surface area contributed by atoms with Gasteiger partial charge in [0, 0.05) is 12.6 Å². The van der Waals surface area contributed by atoms with E-state index in [4.69, 9.17) is 4.74 Å². The number of hydrogen-bond donors (Lipinski definition) is 3. The van der Waals surface area contributed by atoms with E-state index >= 15 is 0 Å². The minimum Gasteiger partial charge on any atom is -0.496 e. The van der Waals surface area contributed by atoms with Gasteiger partial charge in [-0.3, -0.25) is 0 Å². The molecule has 1 saturated carbocycles. The molecular weight excluding hydrogens is 340 g/mol. The number of methoxy groups -OCH3 is 1. The molecule has 3 N–H and O–H groups in total. The van der Waals surface area contributed by atoms with E-state index < -0.39 is 0 Å². The number of rotatable bonds is 7. The summed E-state index contributed by atoms with van der Waals surface area (Å²) in [4.78, 5) is 16.4. The lowest BCUT2D eigenvalue weighted by atomic mass is 9.96. The largest absolute Gasteiger partial charge is 0.496 e. The summed E-state index contributed by atoms with van der Waals surface area (Å²) < 4.78 is 5.37. The second-order valence-corrected chi connectivity index (χ2v) is 6.85. The summed E-state index contributed by atoms with van der Waals surface area (Å²) in [5.41, 5.74) is 1.85. The average molecular weight is 368 g/mol. The van der Waals surface area contributed by atoms with E-state index in [-0.39, 0.29) is 6.03 Å². The number of benzene rings is 1. The van der Waals surface area contributed by atoms with E-state index in [2.05, 4.69) is 27.0 Å². The molecule has 144 valence electrons. The molecule has 2 amide bonds. The minimum atomic E-state index is -0.152. The Morgan fingerprint density at radius 3 is 2.70 bits per heavy atom. The Morgan fingerprint density at radius 2 is 1.96 bits per heavy atom. The molecule has 1 aliphatic rings. The molecule has 0 saturated heterocycles. The van der Waals surface area contributed by atoms with Gasteiger partial charge in [-0.2, -0.15) is 0 Å². The molecule has 0 unspecified atom stereocenters. The molecule has 0 radical (unpaired) electrons. The standard InChI is InChI=1S/C21H28N4O2/c1-27-19-10-6-5-7-16(19)13-14-22-20-12-11-18(15-23-20)25-21(26)24-17-8-3-2-4-9-17/h5-7,10-12,15,17H,2-4,8-9,13-14H2,1H3,(H,22,23)(H2,24,25,26). The SMILES string of the molecule is COc1ccccc1CCNc1ccc(NC(=O)NC2CCCCC2)cn1. The third-order valence-electron chi connectivity index (χ3n) is 4.85. The average Bonchev–Trinajstić information content (AvgIpc) is 2.70. The van der Waals surface area contributed by atoms with Crippen molar-refractivity contribution in [2.45, 2.75) is 44.6 Å². The number of nitrogens with zero attached hydrogens (tertiary/aromatic N) is 1. The van der Waals surface area contributed by atoms with Crippen LogP contribution < -0.4 is 20.7 Å². The van der Waals surface area contributed by atoms with E-state index in [1.165, 1.54) is 19.3 Å². The van der Waals surface area contributed by atoms with E-state index in [9.17, 15) is 4.79 Å². The molecule has 3 rings (SSSR count). The number of carbonyl (C=O) groups excluding carboxylic acids is 1. The third kappa shape index (κ3) is 5.88. The fourth-order valence-corrected chi connectivity index (χ4v) is 3.41. The molecule has 1 fully saturated rings. The summed E-state index contributed by atoms with van der Waals surface area (Å²) in [6.07, 6.45) is 8.32. The van der Waals surface area contributed by atoms with Gasteiger partial charge in [0.25, 0.3) is 0 Å². The predicted octanol–water partition coefficient (Wildman–Crippen LogP) is 4.20. The van der Waals surface area contributed by atoms with Crippen LogP contribution >= 0.6 is 0 Å². The lowest BCUT2D eigenvalue weighted by Crippen LogP contribution is -2.39. The third-order valence-corrected chi connectivity index (χ3v) is 4.85. The van der Waals surface area contributed by atoms with Gasteiger partial charge in [0.05, 0.1) is 19.0 Å². The first-order valence-corrected chi connectivity index (χ1v) is 9.64. The molecule has 2 aromatic rings. The second-order valence-electron chi connectivity index (χ2n) is 6.85. The number of ether oxygens (including phenoxy) is 1. The van der Waals surface area contributed by atoms with E-state index in [1.807, 2.05) is 30.3 Å². The highest BCUT2D eigenvalue weighted by molar-refractivity contribution is 5.89. The van der Waals surface area contributed by atoms with E-state index in [0.717, 1.165) is 42.9 Å². The Bertz CT molecular complexity index is 727. The number of urea groups is 1. The molecule has 1 aromatic heterocycles. The van der Waals surface area contributed by atoms with E-state index in [1.54, 1.807) is 13.3 Å². The number of hydrogen-bond acceptors (Lipinski definition) is 4. The van der Waals surface area contributed by atoms with Gasteiger partial charge in [0.2, 0.25) is 0 Å². The zero-order chi connectivity index (χ0) is 18.9. The van der Waals surface area contributed by atoms with Gasteiger partial charge < -0.3 is 20.7 Å². The highest BCUT2D eigenvalue weighted by Crippen LogP contribution is 2.19. The summed E-state index contributed by atoms with van der Waals surface area (Å²) >= 11 is 0. The van der Waals surface area contributed by atoms with Gasteiger partial charge >= 0.3 is 6.03 Å². The molecule has 0 aliphatic heterocycles. The molecule has 27 heavy (non-hydrogen) atoms. The molecule has 0 atom stereocenters. The van der Waals surface area contributed by atoms with Gasteiger partial charge in [0.15, 0.2) is 0 Å². The van der Waals surface area contributed by atoms with Crippen molar-refractivity contribution in [3.05, 3.63) is 48.2 Å². The minimum absolute atomic E-state index is 0.152. The number of anilines is 2. The Morgan fingerprint density at radius 1 is 1.15 bits per heavy atom. The normalized spacial score (nSPS) is 14.4. The lowest BCUT2D eigenvalue weighted by Gasteiger charge is -2.22. The predicted molar refractivity (Wildman–Crippen MR) is 108 cm³/mol. The highest BCUT2D eigenvalue weighted by Gasteiger charge is 2.15. The molecular formula is C21H28N4O2. The number of aromatic nitrogens is 1. The molecule has 0 spiro atoms. The van der Waals surface area contributed by atoms with Crippen LogP contribution in [0.25, 0.3) is 0 Å². The fourth-order valence-electron chi connectivity index (χ4n) is 3.41. The Balaban J connectivity index is 1.43. The van der Waals surface area contributed by atoms with Crippen LogP contribution in [0.15, 0.2) is 42.6 Å². The highest BCUT2D eigenvalue weighted by atomic mass is 16.5. The van der Waals surface area contributed by atoms with Crippen LogP contribution in [0.4, 0.5) is 16.3 Å². The van der Waals surface area contributed by atoms with Crippen molar-refractivity contribution in [1.82, 2.24) is 10.3 Å². The summed E-state index contributed by atoms with van der Waals surface area (Å²) in [5.74, 6) is 1.68. The maximum absolute atomic E-state index is 12.1. The lowest BCUT2D eigenvalue weighted by molar-refractivity contribution is 0.244. The van der Waals surface area contributed by atoms with Crippen molar-refractivity contribution in [2.75, 3.05) is 24.3 Å². The fraction of sp³-hybridized carbons (Fsp3) is 0.429. The van der Waals surface area contributed by atoms with Gasteiger partial charge in [-0.05, 0) is 43.0 Å². The number of para-hydroxylation sites is 1. The number of carbonyl (C=O) groups is 1. The number of amides is 2. The molecule has 6 nitrogen and oxygen atoms in total. The first-order chi connectivity index (χ1) is 13.2. The van der Waals surface area contributed by atoms with Gasteiger partial charge in [0.1, 0.15) is 11.6 Å². The maximum Gasteiger partial charge on any atom is 0.319 e. The summed E-state index contributed by atoms with van der Waals surface area (Å²) in [6, 6.07) is 11.9. The van der Waals surface area contributed by atoms with Gasteiger partial charge in [-0.25, -0.2) is 9.78 Å². The Hall–Kier alpha value is -2.76. The number of pyridine rings is 1. The van der Waals surface area contributed by atoms with Crippen LogP contribution in [-0.4, -0.2) is 30.7 Å². The first kappa shape index (κ1) is 19.0. The zero-order valence-electron chi connectivity index (χ0n) is 15.8. The second kappa shape index (κ2) is 9.80. The summed E-state index contributed by atoms with van der Waals surface area (Å²) in [7, 11) is 1.68. The maximum atomic E-state index is 12.1. The van der Waals surface area contributed by atoms with Gasteiger partial charge in [-0.1, -0.05) is 37.5 Å². The van der Waals surface area contributed by atoms with Crippen molar-refractivity contribution in [3.63, 3.8) is 0 Å². The zero-order valence-corrected chi connectivity index (χ0v) is 15.8. The molecule has 0 bridgehead atoms. The van der Waals surface area contributed by atoms with Crippen LogP contribution in [0.2, 0.25) is 0 Å². The van der Waals surface area contributed by atoms with Crippen LogP contribution in [0.3, 0.4) is 0 Å². The van der Waals surface area contributed by atoms with Crippen LogP contribution in [0, 0.1) is 0 Å². The smallest absolute Gasteiger partial charge is 0.319 e. The molecule has 1 aliphatic carbocycles. The quantitative estimate of drug-likeness (QED) is 0.685. The van der Waals surface area contributed by atoms with Gasteiger partial charge in [-0.15, -0.1) is 0 Å². The van der Waals surface area contributed by atoms with Crippen molar-refractivity contribution in [1.29, 1.82) is 0 Å². The van der Waals surface area contributed by atoms with Crippen molar-refractivity contribution in [2.24, 2.45) is 0 Å². The molecule has 1 aromatic carbocycles. The summed E-state index contributed by atoms with van der Waals surface area (Å²) in [5, 5.41) is 9.19. The van der Waals surface area contributed by atoms with Crippen LogP contribution in [-0.2, 0) is 6.42 Å². The summed E-state index contributed by atoms with van der Waals surface area (Å²) in [6.45, 7) is 0.752. The topological polar surface area (TPSA) is 75.3 Å². The monoisotopic (exact) mass is 368 g/mol. The van der Waals surface area contributed by atoms with Crippen LogP contribution in [0.5, 0.6) is 5.75 Å². The Kier molecular flexibility index (Phi) is 6.90. The first-order valence-electron chi connectivity index (χ1n) is 9.64. The van der Waals surface area contributed by atoms with Crippen LogP contribution in [0.1, 0.15) is 37.7 Å². The molecule has 1 heterocycles. The van der Waals surface area contributed by atoms with Crippen molar-refractivity contribution >= 4 is 17.5 Å². The van der Waals surface area contributed by atoms with Crippen molar-refractivity contribution < 1.29 is 9.53 Å². The Labute approximate surface area is 160 Å². The molecule has 6 heteroatoms. The number of nitrogens with one attached hydrogen (secondary N) is 3. The van der Waals surface area contributed by atoms with Crippen molar-refractivity contribution in [3.8, 4) is 5.75 Å².